The molecule has 0 aliphatic heterocycles. The van der Waals surface area contributed by atoms with E-state index in [2.05, 4.69) is 15.4 Å². The third-order valence-electron chi connectivity index (χ3n) is 2.42. The van der Waals surface area contributed by atoms with Gasteiger partial charge < -0.3 is 4.74 Å². The zero-order valence-electron chi connectivity index (χ0n) is 9.95. The first kappa shape index (κ1) is 13.4. The first-order valence-electron chi connectivity index (χ1n) is 5.39. The summed E-state index contributed by atoms with van der Waals surface area (Å²) in [5.41, 5.74) is 0.381. The maximum absolute atomic E-state index is 11.4. The molecule has 8 nitrogen and oxygen atoms in total. The van der Waals surface area contributed by atoms with Gasteiger partial charge in [0.15, 0.2) is 0 Å². The van der Waals surface area contributed by atoms with Crippen LogP contribution in [0.5, 0.6) is 0 Å². The van der Waals surface area contributed by atoms with Crippen molar-refractivity contribution in [2.75, 3.05) is 6.61 Å². The molecule has 2 N–H and O–H groups in total. The standard InChI is InChI=1S/C10H11N3O5S/c1-2-18-8(14)5-6-3-4-7-9(12-13-11-7)10(6)19(15,16)17/h3-4H,2,5H2,1H3,(H,11,12,13)(H,15,16,17). The molecule has 0 saturated carbocycles. The van der Waals surface area contributed by atoms with Crippen LogP contribution in [0.2, 0.25) is 0 Å². The lowest BCUT2D eigenvalue weighted by Crippen LogP contribution is -2.12. The van der Waals surface area contributed by atoms with E-state index in [4.69, 9.17) is 4.74 Å². The number of fused-ring (bicyclic) bond motifs is 1. The van der Waals surface area contributed by atoms with Crippen LogP contribution in [-0.4, -0.2) is 41.0 Å². The van der Waals surface area contributed by atoms with Gasteiger partial charge in [0, 0.05) is 0 Å². The Hall–Kier alpha value is -2.00. The number of hydrogen-bond donors (Lipinski definition) is 2. The number of hydrogen-bond acceptors (Lipinski definition) is 6. The summed E-state index contributed by atoms with van der Waals surface area (Å²) in [5, 5.41) is 9.66. The molecule has 2 rings (SSSR count). The Morgan fingerprint density at radius 3 is 2.79 bits per heavy atom. The number of ether oxygens (including phenoxy) is 1. The summed E-state index contributed by atoms with van der Waals surface area (Å²) < 4.78 is 36.9. The van der Waals surface area contributed by atoms with Crippen LogP contribution >= 0.6 is 0 Å². The third kappa shape index (κ3) is 2.71. The maximum Gasteiger partial charge on any atom is 0.310 e. The summed E-state index contributed by atoms with van der Waals surface area (Å²) >= 11 is 0. The van der Waals surface area contributed by atoms with Crippen molar-refractivity contribution >= 4 is 27.1 Å². The summed E-state index contributed by atoms with van der Waals surface area (Å²) in [5.74, 6) is -0.588. The fourth-order valence-electron chi connectivity index (χ4n) is 1.72. The van der Waals surface area contributed by atoms with Gasteiger partial charge in [0.25, 0.3) is 10.1 Å². The van der Waals surface area contributed by atoms with E-state index in [1.807, 2.05) is 0 Å². The lowest BCUT2D eigenvalue weighted by atomic mass is 10.1. The van der Waals surface area contributed by atoms with Crippen LogP contribution in [0, 0.1) is 0 Å². The second kappa shape index (κ2) is 4.94. The minimum Gasteiger partial charge on any atom is -0.466 e. The fraction of sp³-hybridized carbons (Fsp3) is 0.300. The second-order valence-corrected chi connectivity index (χ2v) is 5.06. The van der Waals surface area contributed by atoms with Crippen LogP contribution in [0.4, 0.5) is 0 Å². The van der Waals surface area contributed by atoms with Crippen molar-refractivity contribution < 1.29 is 22.5 Å². The first-order valence-corrected chi connectivity index (χ1v) is 6.83. The van der Waals surface area contributed by atoms with Gasteiger partial charge in [0.2, 0.25) is 0 Å². The molecule has 102 valence electrons. The molecule has 0 atom stereocenters. The molecule has 0 unspecified atom stereocenters. The number of rotatable bonds is 4. The van der Waals surface area contributed by atoms with Gasteiger partial charge in [0.1, 0.15) is 15.9 Å². The summed E-state index contributed by atoms with van der Waals surface area (Å²) in [6.07, 6.45) is -0.272. The van der Waals surface area contributed by atoms with Gasteiger partial charge in [-0.15, -0.1) is 0 Å². The highest BCUT2D eigenvalue weighted by Crippen LogP contribution is 2.24. The van der Waals surface area contributed by atoms with Gasteiger partial charge in [-0.25, -0.2) is 0 Å². The summed E-state index contributed by atoms with van der Waals surface area (Å²) in [6, 6.07) is 2.90. The van der Waals surface area contributed by atoms with Crippen molar-refractivity contribution in [3.63, 3.8) is 0 Å². The Balaban J connectivity index is 2.57. The highest BCUT2D eigenvalue weighted by atomic mass is 32.2. The van der Waals surface area contributed by atoms with Gasteiger partial charge in [-0.2, -0.15) is 23.8 Å². The quantitative estimate of drug-likeness (QED) is 0.612. The van der Waals surface area contributed by atoms with Crippen molar-refractivity contribution in [2.24, 2.45) is 0 Å². The van der Waals surface area contributed by atoms with E-state index in [1.165, 1.54) is 12.1 Å². The van der Waals surface area contributed by atoms with Gasteiger partial charge in [-0.1, -0.05) is 6.07 Å². The molecule has 0 fully saturated rings. The first-order chi connectivity index (χ1) is 8.93. The minimum atomic E-state index is -4.52. The zero-order valence-corrected chi connectivity index (χ0v) is 10.8. The van der Waals surface area contributed by atoms with E-state index >= 15 is 0 Å². The highest BCUT2D eigenvalue weighted by molar-refractivity contribution is 7.86. The van der Waals surface area contributed by atoms with Gasteiger partial charge >= 0.3 is 5.97 Å². The smallest absolute Gasteiger partial charge is 0.310 e. The van der Waals surface area contributed by atoms with Crippen LogP contribution < -0.4 is 0 Å². The van der Waals surface area contributed by atoms with Crippen molar-refractivity contribution in [2.45, 2.75) is 18.2 Å². The highest BCUT2D eigenvalue weighted by Gasteiger charge is 2.23. The molecule has 0 saturated heterocycles. The fourth-order valence-corrected chi connectivity index (χ4v) is 2.59. The molecular weight excluding hydrogens is 274 g/mol. The molecule has 1 heterocycles. The third-order valence-corrected chi connectivity index (χ3v) is 3.39. The molecule has 1 aromatic heterocycles. The van der Waals surface area contributed by atoms with E-state index in [-0.39, 0.29) is 29.6 Å². The van der Waals surface area contributed by atoms with E-state index in [0.29, 0.717) is 0 Å². The maximum atomic E-state index is 11.4. The summed E-state index contributed by atoms with van der Waals surface area (Å²) in [6.45, 7) is 1.83. The number of carbonyl (C=O) groups is 1. The molecule has 0 aliphatic rings. The number of H-pyrrole nitrogens is 1. The summed E-state index contributed by atoms with van der Waals surface area (Å²) in [7, 11) is -4.52. The van der Waals surface area contributed by atoms with Crippen LogP contribution in [0.3, 0.4) is 0 Å². The van der Waals surface area contributed by atoms with Gasteiger partial charge in [-0.3, -0.25) is 9.35 Å². The Morgan fingerprint density at radius 2 is 2.16 bits per heavy atom. The SMILES string of the molecule is CCOC(=O)Cc1ccc2n[nH]nc2c1S(=O)(=O)O. The Kier molecular flexibility index (Phi) is 3.49. The molecule has 0 spiro atoms. The number of benzene rings is 1. The number of carbonyl (C=O) groups excluding carboxylic acids is 1. The van der Waals surface area contributed by atoms with Crippen LogP contribution in [0.15, 0.2) is 17.0 Å². The molecule has 0 radical (unpaired) electrons. The molecular formula is C10H11N3O5S. The number of nitrogens with zero attached hydrogens (tertiary/aromatic N) is 2. The number of nitrogens with one attached hydrogen (secondary N) is 1. The minimum absolute atomic E-state index is 0.00991. The number of esters is 1. The molecule has 2 aromatic rings. The topological polar surface area (TPSA) is 122 Å². The van der Waals surface area contributed by atoms with Crippen LogP contribution in [-0.2, 0) is 26.1 Å². The van der Waals surface area contributed by atoms with E-state index < -0.39 is 21.0 Å². The van der Waals surface area contributed by atoms with E-state index in [0.717, 1.165) is 0 Å². The Bertz CT molecular complexity index is 722. The van der Waals surface area contributed by atoms with Crippen LogP contribution in [0.25, 0.3) is 11.0 Å². The van der Waals surface area contributed by atoms with E-state index in [9.17, 15) is 17.8 Å². The van der Waals surface area contributed by atoms with Crippen molar-refractivity contribution in [3.05, 3.63) is 17.7 Å². The predicted octanol–water partition coefficient (Wildman–Crippen LogP) is 0.310. The van der Waals surface area contributed by atoms with Crippen molar-refractivity contribution in [1.82, 2.24) is 15.4 Å². The normalized spacial score (nSPS) is 11.7. The zero-order chi connectivity index (χ0) is 14.0. The van der Waals surface area contributed by atoms with Crippen LogP contribution in [0.1, 0.15) is 12.5 Å². The molecule has 1 aromatic carbocycles. The molecule has 9 heteroatoms. The summed E-state index contributed by atoms with van der Waals surface area (Å²) in [4.78, 5) is 11.0. The number of aromatic nitrogens is 3. The average Bonchev–Trinajstić information content (AvgIpc) is 2.74. The molecule has 0 bridgehead atoms. The molecule has 19 heavy (non-hydrogen) atoms. The Morgan fingerprint density at radius 1 is 1.42 bits per heavy atom. The molecule has 0 amide bonds. The van der Waals surface area contributed by atoms with Gasteiger partial charge in [-0.05, 0) is 18.6 Å². The lowest BCUT2D eigenvalue weighted by molar-refractivity contribution is -0.142. The lowest BCUT2D eigenvalue weighted by Gasteiger charge is -2.06. The largest absolute Gasteiger partial charge is 0.466 e. The van der Waals surface area contributed by atoms with Crippen molar-refractivity contribution in [3.8, 4) is 0 Å². The second-order valence-electron chi connectivity index (χ2n) is 3.70. The molecule has 0 aliphatic carbocycles. The monoisotopic (exact) mass is 285 g/mol. The Labute approximate surface area is 108 Å². The van der Waals surface area contributed by atoms with E-state index in [1.54, 1.807) is 6.92 Å². The van der Waals surface area contributed by atoms with Crippen molar-refractivity contribution in [1.29, 1.82) is 0 Å². The van der Waals surface area contributed by atoms with Gasteiger partial charge in [0.05, 0.1) is 13.0 Å². The number of aromatic amines is 1. The predicted molar refractivity (Wildman–Crippen MR) is 64.0 cm³/mol. The average molecular weight is 285 g/mol.